The van der Waals surface area contributed by atoms with Gasteiger partial charge in [-0.05, 0) is 25.0 Å². The number of nitrogens with two attached hydrogens (primary N) is 1. The predicted octanol–water partition coefficient (Wildman–Crippen LogP) is 4.26. The molecule has 4 heteroatoms. The molecule has 0 bridgehead atoms. The van der Waals surface area contributed by atoms with Gasteiger partial charge in [0.1, 0.15) is 15.8 Å². The van der Waals surface area contributed by atoms with E-state index in [1.54, 1.807) is 0 Å². The SMILES string of the molecule is CCCCCCCc1ccc2c(N)c(C#N)sc2n1. The summed E-state index contributed by atoms with van der Waals surface area (Å²) in [6, 6.07) is 6.15. The Kier molecular flexibility index (Phi) is 4.75. The first-order valence-electron chi connectivity index (χ1n) is 6.84. The zero-order chi connectivity index (χ0) is 13.7. The highest BCUT2D eigenvalue weighted by Crippen LogP contribution is 2.31. The van der Waals surface area contributed by atoms with Crippen LogP contribution < -0.4 is 5.73 Å². The molecule has 2 N–H and O–H groups in total. The molecule has 3 nitrogen and oxygen atoms in total. The average molecular weight is 273 g/mol. The van der Waals surface area contributed by atoms with E-state index < -0.39 is 0 Å². The highest BCUT2D eigenvalue weighted by atomic mass is 32.1. The Morgan fingerprint density at radius 2 is 2.05 bits per heavy atom. The van der Waals surface area contributed by atoms with Crippen molar-refractivity contribution in [2.24, 2.45) is 0 Å². The molecule has 19 heavy (non-hydrogen) atoms. The van der Waals surface area contributed by atoms with Crippen LogP contribution in [0.1, 0.15) is 49.6 Å². The monoisotopic (exact) mass is 273 g/mol. The van der Waals surface area contributed by atoms with E-state index in [1.165, 1.54) is 43.4 Å². The summed E-state index contributed by atoms with van der Waals surface area (Å²) in [7, 11) is 0. The van der Waals surface area contributed by atoms with Gasteiger partial charge < -0.3 is 5.73 Å². The maximum atomic E-state index is 8.97. The third-order valence-electron chi connectivity index (χ3n) is 3.29. The summed E-state index contributed by atoms with van der Waals surface area (Å²) in [5.74, 6) is 0. The molecule has 0 radical (unpaired) electrons. The van der Waals surface area contributed by atoms with Gasteiger partial charge in [-0.3, -0.25) is 0 Å². The fraction of sp³-hybridized carbons (Fsp3) is 0.467. The molecule has 0 aliphatic heterocycles. The molecular formula is C15H19N3S. The van der Waals surface area contributed by atoms with Gasteiger partial charge in [-0.15, -0.1) is 11.3 Å². The van der Waals surface area contributed by atoms with Gasteiger partial charge >= 0.3 is 0 Å². The van der Waals surface area contributed by atoms with E-state index in [4.69, 9.17) is 11.0 Å². The molecule has 0 aromatic carbocycles. The van der Waals surface area contributed by atoms with Crippen molar-refractivity contribution >= 4 is 27.2 Å². The van der Waals surface area contributed by atoms with E-state index in [0.29, 0.717) is 10.6 Å². The highest BCUT2D eigenvalue weighted by molar-refractivity contribution is 7.19. The zero-order valence-electron chi connectivity index (χ0n) is 11.3. The quantitative estimate of drug-likeness (QED) is 0.800. The topological polar surface area (TPSA) is 62.7 Å². The van der Waals surface area contributed by atoms with Crippen LogP contribution in [0.3, 0.4) is 0 Å². The number of unbranched alkanes of at least 4 members (excludes halogenated alkanes) is 4. The van der Waals surface area contributed by atoms with Crippen LogP contribution >= 0.6 is 11.3 Å². The van der Waals surface area contributed by atoms with Crippen molar-refractivity contribution < 1.29 is 0 Å². The molecule has 0 atom stereocenters. The molecule has 2 rings (SSSR count). The smallest absolute Gasteiger partial charge is 0.130 e. The fourth-order valence-electron chi connectivity index (χ4n) is 2.17. The zero-order valence-corrected chi connectivity index (χ0v) is 12.1. The summed E-state index contributed by atoms with van der Waals surface area (Å²) >= 11 is 1.39. The third-order valence-corrected chi connectivity index (χ3v) is 4.31. The molecular weight excluding hydrogens is 254 g/mol. The van der Waals surface area contributed by atoms with Crippen LogP contribution in [0.5, 0.6) is 0 Å². The summed E-state index contributed by atoms with van der Waals surface area (Å²) in [5, 5.41) is 9.88. The molecule has 100 valence electrons. The standard InChI is InChI=1S/C15H19N3S/c1-2-3-4-5-6-7-11-8-9-12-14(17)13(10-16)19-15(12)18-11/h8-9H,2-7,17H2,1H3. The second-order valence-electron chi connectivity index (χ2n) is 4.78. The van der Waals surface area contributed by atoms with Crippen molar-refractivity contribution in [1.82, 2.24) is 4.98 Å². The number of nitrogen functional groups attached to an aromatic ring is 1. The van der Waals surface area contributed by atoms with Crippen LogP contribution in [0, 0.1) is 11.3 Å². The number of aromatic nitrogens is 1. The number of hydrogen-bond acceptors (Lipinski definition) is 4. The van der Waals surface area contributed by atoms with Crippen LogP contribution in [-0.4, -0.2) is 4.98 Å². The van der Waals surface area contributed by atoms with E-state index in [0.717, 1.165) is 22.3 Å². The maximum Gasteiger partial charge on any atom is 0.130 e. The van der Waals surface area contributed by atoms with Crippen LogP contribution in [0.25, 0.3) is 10.2 Å². The maximum absolute atomic E-state index is 8.97. The molecule has 0 spiro atoms. The number of aryl methyl sites for hydroxylation is 1. The van der Waals surface area contributed by atoms with E-state index in [2.05, 4.69) is 18.0 Å². The van der Waals surface area contributed by atoms with Crippen LogP contribution in [0.15, 0.2) is 12.1 Å². The molecule has 0 aliphatic rings. The molecule has 0 aliphatic carbocycles. The fourth-order valence-corrected chi connectivity index (χ4v) is 3.08. The largest absolute Gasteiger partial charge is 0.396 e. The van der Waals surface area contributed by atoms with Gasteiger partial charge in [0.05, 0.1) is 5.69 Å². The van der Waals surface area contributed by atoms with Crippen molar-refractivity contribution in [1.29, 1.82) is 5.26 Å². The van der Waals surface area contributed by atoms with E-state index in [-0.39, 0.29) is 0 Å². The molecule has 0 saturated carbocycles. The number of nitrogens with zero attached hydrogens (tertiary/aromatic N) is 2. The third kappa shape index (κ3) is 3.24. The Labute approximate surface area is 118 Å². The van der Waals surface area contributed by atoms with Gasteiger partial charge in [-0.1, -0.05) is 32.6 Å². The number of rotatable bonds is 6. The highest BCUT2D eigenvalue weighted by Gasteiger charge is 2.10. The van der Waals surface area contributed by atoms with Crippen LogP contribution in [-0.2, 0) is 6.42 Å². The lowest BCUT2D eigenvalue weighted by Crippen LogP contribution is -1.91. The number of thiophene rings is 1. The van der Waals surface area contributed by atoms with Crippen LogP contribution in [0.2, 0.25) is 0 Å². The second-order valence-corrected chi connectivity index (χ2v) is 5.78. The minimum atomic E-state index is 0.572. The lowest BCUT2D eigenvalue weighted by molar-refractivity contribution is 0.629. The minimum Gasteiger partial charge on any atom is -0.396 e. The molecule has 2 heterocycles. The predicted molar refractivity (Wildman–Crippen MR) is 81.2 cm³/mol. The van der Waals surface area contributed by atoms with Gasteiger partial charge in [-0.25, -0.2) is 4.98 Å². The van der Waals surface area contributed by atoms with Crippen molar-refractivity contribution in [2.75, 3.05) is 5.73 Å². The Balaban J connectivity index is 2.04. The van der Waals surface area contributed by atoms with Crippen molar-refractivity contribution in [2.45, 2.75) is 45.4 Å². The lowest BCUT2D eigenvalue weighted by atomic mass is 10.1. The van der Waals surface area contributed by atoms with E-state index >= 15 is 0 Å². The first kappa shape index (κ1) is 13.8. The van der Waals surface area contributed by atoms with Crippen LogP contribution in [0.4, 0.5) is 5.69 Å². The van der Waals surface area contributed by atoms with Gasteiger partial charge in [0.15, 0.2) is 0 Å². The van der Waals surface area contributed by atoms with Crippen molar-refractivity contribution in [3.05, 3.63) is 22.7 Å². The Bertz CT molecular complexity index is 595. The molecule has 0 saturated heterocycles. The van der Waals surface area contributed by atoms with E-state index in [1.807, 2.05) is 12.1 Å². The number of hydrogen-bond donors (Lipinski definition) is 1. The molecule has 0 fully saturated rings. The van der Waals surface area contributed by atoms with Crippen molar-refractivity contribution in [3.8, 4) is 6.07 Å². The molecule has 0 amide bonds. The van der Waals surface area contributed by atoms with E-state index in [9.17, 15) is 0 Å². The Morgan fingerprint density at radius 1 is 1.26 bits per heavy atom. The van der Waals surface area contributed by atoms with Gasteiger partial charge in [0.25, 0.3) is 0 Å². The van der Waals surface area contributed by atoms with Crippen molar-refractivity contribution in [3.63, 3.8) is 0 Å². The first-order valence-corrected chi connectivity index (χ1v) is 7.66. The van der Waals surface area contributed by atoms with Gasteiger partial charge in [0.2, 0.25) is 0 Å². The summed E-state index contributed by atoms with van der Waals surface area (Å²) in [5.41, 5.74) is 7.58. The number of fused-ring (bicyclic) bond motifs is 1. The summed E-state index contributed by atoms with van der Waals surface area (Å²) in [6.45, 7) is 2.23. The lowest BCUT2D eigenvalue weighted by Gasteiger charge is -2.01. The Morgan fingerprint density at radius 3 is 2.79 bits per heavy atom. The second kappa shape index (κ2) is 6.53. The summed E-state index contributed by atoms with van der Waals surface area (Å²) in [6.07, 6.45) is 7.37. The average Bonchev–Trinajstić information content (AvgIpc) is 2.75. The number of nitriles is 1. The van der Waals surface area contributed by atoms with Gasteiger partial charge in [-0.2, -0.15) is 5.26 Å². The summed E-state index contributed by atoms with van der Waals surface area (Å²) < 4.78 is 0. The molecule has 2 aromatic heterocycles. The molecule has 2 aromatic rings. The summed E-state index contributed by atoms with van der Waals surface area (Å²) in [4.78, 5) is 6.07. The van der Waals surface area contributed by atoms with Gasteiger partial charge in [0, 0.05) is 11.1 Å². The number of pyridine rings is 1. The molecule has 0 unspecified atom stereocenters. The number of anilines is 1. The normalized spacial score (nSPS) is 10.7. The Hall–Kier alpha value is -1.60. The first-order chi connectivity index (χ1) is 9.26. The minimum absolute atomic E-state index is 0.572.